The fourth-order valence-electron chi connectivity index (χ4n) is 2.12. The van der Waals surface area contributed by atoms with Gasteiger partial charge in [-0.3, -0.25) is 5.21 Å². The minimum absolute atomic E-state index is 0.131. The summed E-state index contributed by atoms with van der Waals surface area (Å²) in [7, 11) is 0. The molecule has 5 heteroatoms. The van der Waals surface area contributed by atoms with Crippen molar-refractivity contribution in [1.29, 1.82) is 0 Å². The second-order valence-electron chi connectivity index (χ2n) is 4.20. The largest absolute Gasteiger partial charge is 0.350 e. The molecule has 2 rings (SSSR count). The van der Waals surface area contributed by atoms with Crippen molar-refractivity contribution in [2.45, 2.75) is 35.4 Å². The first-order chi connectivity index (χ1) is 8.16. The highest BCUT2D eigenvalue weighted by Gasteiger charge is 2.31. The Morgan fingerprint density at radius 1 is 1.35 bits per heavy atom. The fourth-order valence-corrected chi connectivity index (χ4v) is 3.39. The van der Waals surface area contributed by atoms with E-state index in [-0.39, 0.29) is 6.04 Å². The number of thioether (sulfide) groups is 1. The molecule has 0 unspecified atom stereocenters. The number of urea groups is 1. The predicted molar refractivity (Wildman–Crippen MR) is 66.9 cm³/mol. The molecule has 0 aliphatic heterocycles. The average molecular weight is 252 g/mol. The van der Waals surface area contributed by atoms with Crippen LogP contribution in [0.4, 0.5) is 4.79 Å². The van der Waals surface area contributed by atoms with Crippen LogP contribution in [-0.4, -0.2) is 27.6 Å². The summed E-state index contributed by atoms with van der Waals surface area (Å²) in [5, 5.41) is 10.6. The van der Waals surface area contributed by atoms with Crippen LogP contribution in [0.5, 0.6) is 0 Å². The predicted octanol–water partition coefficient (Wildman–Crippen LogP) is 2.47. The normalized spacial score (nSPS) is 23.6. The Balaban J connectivity index is 1.88. The Morgan fingerprint density at radius 3 is 2.71 bits per heavy atom. The molecular formula is C12H16N2O2S. The SMILES string of the molecule is NC(=O)N(O)[C@@H]1CC[C@H](Sc2ccccc2)C1. The molecule has 0 heterocycles. The van der Waals surface area contributed by atoms with Gasteiger partial charge in [-0.05, 0) is 31.4 Å². The third-order valence-electron chi connectivity index (χ3n) is 2.97. The summed E-state index contributed by atoms with van der Waals surface area (Å²) < 4.78 is 0. The summed E-state index contributed by atoms with van der Waals surface area (Å²) in [6.07, 6.45) is 2.59. The van der Waals surface area contributed by atoms with Gasteiger partial charge in [-0.1, -0.05) is 18.2 Å². The van der Waals surface area contributed by atoms with Gasteiger partial charge in [0.1, 0.15) is 0 Å². The van der Waals surface area contributed by atoms with Crippen molar-refractivity contribution >= 4 is 17.8 Å². The third kappa shape index (κ3) is 3.14. The summed E-state index contributed by atoms with van der Waals surface area (Å²) in [6, 6.07) is 9.26. The standard InChI is InChI=1S/C12H16N2O2S/c13-12(15)14(16)9-6-7-11(8-9)17-10-4-2-1-3-5-10/h1-5,9,11,16H,6-8H2,(H2,13,15)/t9-,11+/m1/s1. The Kier molecular flexibility index (Phi) is 3.91. The molecule has 1 aliphatic rings. The number of hydrogen-bond donors (Lipinski definition) is 2. The molecule has 0 bridgehead atoms. The van der Waals surface area contributed by atoms with Crippen LogP contribution in [0.3, 0.4) is 0 Å². The molecule has 92 valence electrons. The van der Waals surface area contributed by atoms with Gasteiger partial charge in [0.15, 0.2) is 0 Å². The molecule has 2 amide bonds. The zero-order valence-corrected chi connectivity index (χ0v) is 10.3. The van der Waals surface area contributed by atoms with Crippen LogP contribution in [0, 0.1) is 0 Å². The van der Waals surface area contributed by atoms with Crippen molar-refractivity contribution in [3.05, 3.63) is 30.3 Å². The molecule has 0 radical (unpaired) electrons. The van der Waals surface area contributed by atoms with E-state index in [9.17, 15) is 10.0 Å². The highest BCUT2D eigenvalue weighted by Crippen LogP contribution is 2.36. The number of amides is 2. The number of nitrogens with two attached hydrogens (primary N) is 1. The summed E-state index contributed by atoms with van der Waals surface area (Å²) >= 11 is 1.79. The first-order valence-corrected chi connectivity index (χ1v) is 6.54. The number of rotatable bonds is 3. The first-order valence-electron chi connectivity index (χ1n) is 5.66. The van der Waals surface area contributed by atoms with Gasteiger partial charge in [-0.2, -0.15) is 0 Å². The van der Waals surface area contributed by atoms with E-state index in [1.165, 1.54) is 4.90 Å². The number of carbonyl (C=O) groups is 1. The van der Waals surface area contributed by atoms with Crippen LogP contribution < -0.4 is 5.73 Å². The quantitative estimate of drug-likeness (QED) is 0.641. The topological polar surface area (TPSA) is 66.6 Å². The summed E-state index contributed by atoms with van der Waals surface area (Å²) in [5.74, 6) is 0. The average Bonchev–Trinajstić information content (AvgIpc) is 2.77. The van der Waals surface area contributed by atoms with E-state index in [4.69, 9.17) is 5.73 Å². The van der Waals surface area contributed by atoms with E-state index in [1.807, 2.05) is 18.2 Å². The van der Waals surface area contributed by atoms with Gasteiger partial charge in [0.25, 0.3) is 0 Å². The van der Waals surface area contributed by atoms with Gasteiger partial charge in [0.2, 0.25) is 0 Å². The number of primary amides is 1. The van der Waals surface area contributed by atoms with E-state index in [0.717, 1.165) is 19.3 Å². The Hall–Kier alpha value is -1.20. The number of hydrogen-bond acceptors (Lipinski definition) is 3. The Bertz CT molecular complexity index is 385. The lowest BCUT2D eigenvalue weighted by Crippen LogP contribution is -2.39. The van der Waals surface area contributed by atoms with E-state index >= 15 is 0 Å². The molecule has 2 atom stereocenters. The molecule has 0 saturated heterocycles. The van der Waals surface area contributed by atoms with E-state index < -0.39 is 6.03 Å². The maximum absolute atomic E-state index is 10.8. The van der Waals surface area contributed by atoms with Crippen molar-refractivity contribution in [3.63, 3.8) is 0 Å². The van der Waals surface area contributed by atoms with Crippen molar-refractivity contribution < 1.29 is 10.0 Å². The van der Waals surface area contributed by atoms with Crippen LogP contribution >= 0.6 is 11.8 Å². The third-order valence-corrected chi connectivity index (χ3v) is 4.28. The van der Waals surface area contributed by atoms with Gasteiger partial charge < -0.3 is 5.73 Å². The Morgan fingerprint density at radius 2 is 2.06 bits per heavy atom. The summed E-state index contributed by atoms with van der Waals surface area (Å²) in [5.41, 5.74) is 5.04. The Labute approximate surface area is 105 Å². The number of carbonyl (C=O) groups excluding carboxylic acids is 1. The second kappa shape index (κ2) is 5.42. The van der Waals surface area contributed by atoms with E-state index in [0.29, 0.717) is 10.3 Å². The molecule has 0 aromatic heterocycles. The van der Waals surface area contributed by atoms with Gasteiger partial charge in [-0.15, -0.1) is 11.8 Å². The van der Waals surface area contributed by atoms with Crippen LogP contribution in [-0.2, 0) is 0 Å². The second-order valence-corrected chi connectivity index (χ2v) is 5.58. The van der Waals surface area contributed by atoms with Crippen LogP contribution in [0.25, 0.3) is 0 Å². The highest BCUT2D eigenvalue weighted by molar-refractivity contribution is 8.00. The number of hydroxylamine groups is 2. The van der Waals surface area contributed by atoms with Crippen molar-refractivity contribution in [2.24, 2.45) is 5.73 Å². The molecule has 0 spiro atoms. The monoisotopic (exact) mass is 252 g/mol. The molecule has 1 saturated carbocycles. The molecule has 1 fully saturated rings. The van der Waals surface area contributed by atoms with Crippen molar-refractivity contribution in [1.82, 2.24) is 5.06 Å². The lowest BCUT2D eigenvalue weighted by atomic mass is 10.2. The molecule has 1 aliphatic carbocycles. The molecule has 3 N–H and O–H groups in total. The summed E-state index contributed by atoms with van der Waals surface area (Å²) in [6.45, 7) is 0. The lowest BCUT2D eigenvalue weighted by molar-refractivity contribution is -0.0725. The minimum Gasteiger partial charge on any atom is -0.350 e. The van der Waals surface area contributed by atoms with Gasteiger partial charge in [0.05, 0.1) is 6.04 Å². The van der Waals surface area contributed by atoms with Gasteiger partial charge in [0, 0.05) is 10.1 Å². The minimum atomic E-state index is -0.764. The van der Waals surface area contributed by atoms with Crippen LogP contribution in [0.1, 0.15) is 19.3 Å². The van der Waals surface area contributed by atoms with Gasteiger partial charge >= 0.3 is 6.03 Å². The molecule has 17 heavy (non-hydrogen) atoms. The number of benzene rings is 1. The van der Waals surface area contributed by atoms with E-state index in [1.54, 1.807) is 11.8 Å². The first kappa shape index (κ1) is 12.3. The molecule has 1 aromatic carbocycles. The fraction of sp³-hybridized carbons (Fsp3) is 0.417. The smallest absolute Gasteiger partial charge is 0.338 e. The highest BCUT2D eigenvalue weighted by atomic mass is 32.2. The lowest BCUT2D eigenvalue weighted by Gasteiger charge is -2.19. The maximum Gasteiger partial charge on any atom is 0.338 e. The molecular weight excluding hydrogens is 236 g/mol. The van der Waals surface area contributed by atoms with Crippen LogP contribution in [0.2, 0.25) is 0 Å². The summed E-state index contributed by atoms with van der Waals surface area (Å²) in [4.78, 5) is 12.1. The van der Waals surface area contributed by atoms with Crippen molar-refractivity contribution in [2.75, 3.05) is 0 Å². The van der Waals surface area contributed by atoms with Crippen LogP contribution in [0.15, 0.2) is 35.2 Å². The zero-order chi connectivity index (χ0) is 12.3. The number of nitrogens with zero attached hydrogens (tertiary/aromatic N) is 1. The molecule has 4 nitrogen and oxygen atoms in total. The molecule has 1 aromatic rings. The van der Waals surface area contributed by atoms with E-state index in [2.05, 4.69) is 12.1 Å². The maximum atomic E-state index is 10.8. The van der Waals surface area contributed by atoms with Crippen molar-refractivity contribution in [3.8, 4) is 0 Å². The zero-order valence-electron chi connectivity index (χ0n) is 9.45. The van der Waals surface area contributed by atoms with Gasteiger partial charge in [-0.25, -0.2) is 9.86 Å².